The van der Waals surface area contributed by atoms with E-state index < -0.39 is 8.07 Å². The van der Waals surface area contributed by atoms with Crippen molar-refractivity contribution in [3.8, 4) is 0 Å². The van der Waals surface area contributed by atoms with Gasteiger partial charge in [0.05, 0.1) is 0 Å². The summed E-state index contributed by atoms with van der Waals surface area (Å²) in [6.45, 7) is 11.2. The Morgan fingerprint density at radius 1 is 1.21 bits per heavy atom. The minimum absolute atomic E-state index is 0.544. The smallest absolute Gasteiger partial charge is 0.0451 e. The third-order valence-corrected chi connectivity index (χ3v) is 4.01. The molecule has 1 aromatic carbocycles. The lowest BCUT2D eigenvalue weighted by atomic mass is 10.0. The summed E-state index contributed by atoms with van der Waals surface area (Å²) in [6.07, 6.45) is 2.09. The van der Waals surface area contributed by atoms with E-state index in [4.69, 9.17) is 0 Å². The maximum absolute atomic E-state index is 3.94. The van der Waals surface area contributed by atoms with E-state index in [-0.39, 0.29) is 0 Å². The first-order chi connectivity index (χ1) is 6.53. The van der Waals surface area contributed by atoms with Crippen molar-refractivity contribution in [3.05, 3.63) is 48.6 Å². The van der Waals surface area contributed by atoms with Gasteiger partial charge in [-0.15, -0.1) is 6.58 Å². The Bertz CT molecular complexity index is 282. The van der Waals surface area contributed by atoms with Crippen molar-refractivity contribution >= 4 is 8.07 Å². The van der Waals surface area contributed by atoms with Gasteiger partial charge in [0.2, 0.25) is 0 Å². The molecule has 1 atom stereocenters. The predicted molar refractivity (Wildman–Crippen MR) is 67.5 cm³/mol. The predicted octanol–water partition coefficient (Wildman–Crippen LogP) is 4.29. The Labute approximate surface area is 88.7 Å². The quantitative estimate of drug-likeness (QED) is 0.507. The number of hydrogen-bond acceptors (Lipinski definition) is 0. The SMILES string of the molecule is C=C[C@H](C[Si](C)(C)C)c1ccccc1. The van der Waals surface area contributed by atoms with Gasteiger partial charge in [-0.25, -0.2) is 0 Å². The van der Waals surface area contributed by atoms with Crippen LogP contribution in [0.5, 0.6) is 0 Å². The Balaban J connectivity index is 2.78. The monoisotopic (exact) mass is 204 g/mol. The molecule has 0 spiro atoms. The number of rotatable bonds is 4. The maximum Gasteiger partial charge on any atom is 0.0451 e. The van der Waals surface area contributed by atoms with Crippen molar-refractivity contribution < 1.29 is 0 Å². The van der Waals surface area contributed by atoms with Gasteiger partial charge in [0, 0.05) is 8.07 Å². The van der Waals surface area contributed by atoms with Crippen LogP contribution in [0.4, 0.5) is 0 Å². The van der Waals surface area contributed by atoms with E-state index in [1.54, 1.807) is 0 Å². The third-order valence-electron chi connectivity index (χ3n) is 2.34. The Morgan fingerprint density at radius 3 is 2.21 bits per heavy atom. The highest BCUT2D eigenvalue weighted by molar-refractivity contribution is 6.76. The van der Waals surface area contributed by atoms with Crippen LogP contribution in [-0.2, 0) is 0 Å². The lowest BCUT2D eigenvalue weighted by Gasteiger charge is -2.22. The van der Waals surface area contributed by atoms with E-state index in [2.05, 4.69) is 62.6 Å². The van der Waals surface area contributed by atoms with Crippen LogP contribution in [0.25, 0.3) is 0 Å². The summed E-state index contributed by atoms with van der Waals surface area (Å²) in [7, 11) is -0.995. The van der Waals surface area contributed by atoms with Gasteiger partial charge in [-0.3, -0.25) is 0 Å². The summed E-state index contributed by atoms with van der Waals surface area (Å²) in [6, 6.07) is 12.0. The van der Waals surface area contributed by atoms with Crippen LogP contribution in [0.15, 0.2) is 43.0 Å². The molecule has 0 aliphatic heterocycles. The molecule has 0 saturated heterocycles. The number of benzene rings is 1. The highest BCUT2D eigenvalue weighted by Crippen LogP contribution is 2.27. The Hall–Kier alpha value is -0.823. The van der Waals surface area contributed by atoms with Crippen molar-refractivity contribution in [1.82, 2.24) is 0 Å². The van der Waals surface area contributed by atoms with Crippen molar-refractivity contribution in [2.24, 2.45) is 0 Å². The molecule has 0 nitrogen and oxygen atoms in total. The molecule has 0 N–H and O–H groups in total. The number of hydrogen-bond donors (Lipinski definition) is 0. The van der Waals surface area contributed by atoms with E-state index >= 15 is 0 Å². The summed E-state index contributed by atoms with van der Waals surface area (Å²) < 4.78 is 0. The van der Waals surface area contributed by atoms with Crippen LogP contribution in [-0.4, -0.2) is 8.07 Å². The van der Waals surface area contributed by atoms with Crippen molar-refractivity contribution in [1.29, 1.82) is 0 Å². The van der Waals surface area contributed by atoms with E-state index in [0.29, 0.717) is 5.92 Å². The van der Waals surface area contributed by atoms with Gasteiger partial charge < -0.3 is 0 Å². The summed E-state index contributed by atoms with van der Waals surface area (Å²) in [5.74, 6) is 0.544. The topological polar surface area (TPSA) is 0 Å². The normalized spacial score (nSPS) is 13.6. The van der Waals surface area contributed by atoms with E-state index in [1.165, 1.54) is 11.6 Å². The molecule has 1 aromatic rings. The molecule has 0 radical (unpaired) electrons. The molecule has 0 heterocycles. The average Bonchev–Trinajstić information content (AvgIpc) is 2.14. The zero-order valence-corrected chi connectivity index (χ0v) is 10.5. The first-order valence-corrected chi connectivity index (χ1v) is 8.91. The molecule has 0 aromatic heterocycles. The van der Waals surface area contributed by atoms with Gasteiger partial charge in [-0.1, -0.05) is 56.0 Å². The molecule has 0 amide bonds. The molecule has 76 valence electrons. The molecule has 0 bridgehead atoms. The largest absolute Gasteiger partial charge is 0.102 e. The second-order valence-corrected chi connectivity index (χ2v) is 10.5. The van der Waals surface area contributed by atoms with Crippen LogP contribution >= 0.6 is 0 Å². The summed E-state index contributed by atoms with van der Waals surface area (Å²) >= 11 is 0. The van der Waals surface area contributed by atoms with E-state index in [0.717, 1.165) is 0 Å². The molecule has 0 aliphatic rings. The second-order valence-electron chi connectivity index (χ2n) is 5.02. The first kappa shape index (κ1) is 11.3. The van der Waals surface area contributed by atoms with Gasteiger partial charge in [0.15, 0.2) is 0 Å². The van der Waals surface area contributed by atoms with Gasteiger partial charge in [0.25, 0.3) is 0 Å². The van der Waals surface area contributed by atoms with Crippen LogP contribution in [0.1, 0.15) is 11.5 Å². The van der Waals surface area contributed by atoms with Crippen LogP contribution < -0.4 is 0 Å². The van der Waals surface area contributed by atoms with Crippen molar-refractivity contribution in [2.75, 3.05) is 0 Å². The minimum Gasteiger partial charge on any atom is -0.102 e. The van der Waals surface area contributed by atoms with Gasteiger partial charge in [-0.05, 0) is 17.5 Å². The average molecular weight is 204 g/mol. The molecule has 0 aliphatic carbocycles. The van der Waals surface area contributed by atoms with Gasteiger partial charge in [-0.2, -0.15) is 0 Å². The van der Waals surface area contributed by atoms with Crippen LogP contribution in [0.2, 0.25) is 25.7 Å². The first-order valence-electron chi connectivity index (χ1n) is 5.20. The lowest BCUT2D eigenvalue weighted by Crippen LogP contribution is -2.22. The number of allylic oxidation sites excluding steroid dienone is 1. The van der Waals surface area contributed by atoms with Crippen LogP contribution in [0.3, 0.4) is 0 Å². The molecular formula is C13H20Si. The fraction of sp³-hybridized carbons (Fsp3) is 0.385. The minimum atomic E-state index is -0.995. The summed E-state index contributed by atoms with van der Waals surface area (Å²) in [5.41, 5.74) is 1.41. The van der Waals surface area contributed by atoms with Crippen molar-refractivity contribution in [2.45, 2.75) is 31.6 Å². The molecule has 0 unspecified atom stereocenters. The fourth-order valence-electron chi connectivity index (χ4n) is 1.70. The van der Waals surface area contributed by atoms with E-state index in [9.17, 15) is 0 Å². The Morgan fingerprint density at radius 2 is 1.79 bits per heavy atom. The van der Waals surface area contributed by atoms with Gasteiger partial charge >= 0.3 is 0 Å². The third kappa shape index (κ3) is 3.50. The molecule has 1 rings (SSSR count). The highest BCUT2D eigenvalue weighted by Gasteiger charge is 2.19. The van der Waals surface area contributed by atoms with Crippen LogP contribution in [0, 0.1) is 0 Å². The zero-order chi connectivity index (χ0) is 10.6. The molecule has 0 saturated carbocycles. The zero-order valence-electron chi connectivity index (χ0n) is 9.46. The molecule has 14 heavy (non-hydrogen) atoms. The molecule has 1 heteroatoms. The summed E-state index contributed by atoms with van der Waals surface area (Å²) in [4.78, 5) is 0. The molecular weight excluding hydrogens is 184 g/mol. The summed E-state index contributed by atoms with van der Waals surface area (Å²) in [5, 5.41) is 0. The fourth-order valence-corrected chi connectivity index (χ4v) is 3.42. The highest BCUT2D eigenvalue weighted by atomic mass is 28.3. The second kappa shape index (κ2) is 4.60. The van der Waals surface area contributed by atoms with Gasteiger partial charge in [0.1, 0.15) is 0 Å². The Kier molecular flexibility index (Phi) is 3.70. The van der Waals surface area contributed by atoms with E-state index in [1.807, 2.05) is 0 Å². The molecule has 0 fully saturated rings. The lowest BCUT2D eigenvalue weighted by molar-refractivity contribution is 0.942. The van der Waals surface area contributed by atoms with Crippen molar-refractivity contribution in [3.63, 3.8) is 0 Å². The maximum atomic E-state index is 3.94. The standard InChI is InChI=1S/C13H20Si/c1-5-12(11-14(2,3)4)13-9-7-6-8-10-13/h5-10,12H,1,11H2,2-4H3/t12-/m1/s1.